The predicted molar refractivity (Wildman–Crippen MR) is 62.7 cm³/mol. The first-order valence-electron chi connectivity index (χ1n) is 5.23. The summed E-state index contributed by atoms with van der Waals surface area (Å²) in [6, 6.07) is 3.96. The molecule has 0 aromatic heterocycles. The smallest absolute Gasteiger partial charge is 0.156 e. The highest BCUT2D eigenvalue weighted by molar-refractivity contribution is 5.92. The van der Waals surface area contributed by atoms with Crippen molar-refractivity contribution in [2.75, 3.05) is 0 Å². The van der Waals surface area contributed by atoms with Crippen LogP contribution < -0.4 is 0 Å². The number of phenols is 2. The fourth-order valence-corrected chi connectivity index (χ4v) is 1.71. The molecule has 0 bridgehead atoms. The van der Waals surface area contributed by atoms with Crippen molar-refractivity contribution < 1.29 is 20.1 Å². The van der Waals surface area contributed by atoms with Crippen molar-refractivity contribution in [2.24, 2.45) is 0 Å². The Morgan fingerprint density at radius 2 is 1.88 bits per heavy atom. The van der Waals surface area contributed by atoms with Gasteiger partial charge in [-0.1, -0.05) is 6.08 Å². The Balaban J connectivity index is 2.43. The molecule has 0 atom stereocenters. The number of allylic oxidation sites excluding steroid dienone is 3. The van der Waals surface area contributed by atoms with Crippen molar-refractivity contribution in [1.82, 2.24) is 0 Å². The quantitative estimate of drug-likeness (QED) is 0.649. The molecule has 4 nitrogen and oxygen atoms in total. The van der Waals surface area contributed by atoms with Crippen LogP contribution in [0.1, 0.15) is 18.4 Å². The normalized spacial score (nSPS) is 18.2. The van der Waals surface area contributed by atoms with Crippen LogP contribution in [0.4, 0.5) is 0 Å². The van der Waals surface area contributed by atoms with E-state index >= 15 is 0 Å². The number of hydrogen-bond donors (Lipinski definition) is 3. The second-order valence-corrected chi connectivity index (χ2v) is 3.87. The van der Waals surface area contributed by atoms with E-state index in [1.807, 2.05) is 0 Å². The first kappa shape index (κ1) is 11.3. The topological polar surface area (TPSA) is 77.8 Å². The third-order valence-electron chi connectivity index (χ3n) is 2.65. The van der Waals surface area contributed by atoms with Crippen LogP contribution in [0.2, 0.25) is 0 Å². The Morgan fingerprint density at radius 1 is 1.12 bits per heavy atom. The van der Waals surface area contributed by atoms with Gasteiger partial charge in [0, 0.05) is 12.5 Å². The van der Waals surface area contributed by atoms with Crippen LogP contribution in [0.3, 0.4) is 0 Å². The van der Waals surface area contributed by atoms with Gasteiger partial charge in [-0.2, -0.15) is 0 Å². The predicted octanol–water partition coefficient (Wildman–Crippen LogP) is 2.29. The molecule has 88 valence electrons. The Kier molecular flexibility index (Phi) is 2.87. The van der Waals surface area contributed by atoms with Crippen LogP contribution in [-0.2, 0) is 4.79 Å². The molecule has 0 spiro atoms. The van der Waals surface area contributed by atoms with Gasteiger partial charge in [0.05, 0.1) is 5.56 Å². The number of carbonyl (C=O) groups is 1. The summed E-state index contributed by atoms with van der Waals surface area (Å²) in [5.74, 6) is -0.304. The van der Waals surface area contributed by atoms with E-state index in [2.05, 4.69) is 0 Å². The lowest BCUT2D eigenvalue weighted by Gasteiger charge is -2.11. The summed E-state index contributed by atoms with van der Waals surface area (Å²) in [6.45, 7) is 0. The highest BCUT2D eigenvalue weighted by Crippen LogP contribution is 2.31. The Hall–Kier alpha value is -2.23. The van der Waals surface area contributed by atoms with E-state index < -0.39 is 0 Å². The zero-order valence-electron chi connectivity index (χ0n) is 9.05. The number of hydrogen-bond acceptors (Lipinski definition) is 4. The third-order valence-corrected chi connectivity index (χ3v) is 2.65. The lowest BCUT2D eigenvalue weighted by Crippen LogP contribution is -2.01. The maximum atomic E-state index is 11.0. The lowest BCUT2D eigenvalue weighted by atomic mass is 9.97. The molecule has 0 saturated carbocycles. The molecule has 0 saturated heterocycles. The molecule has 1 aromatic rings. The van der Waals surface area contributed by atoms with Crippen molar-refractivity contribution >= 4 is 11.5 Å². The summed E-state index contributed by atoms with van der Waals surface area (Å²) >= 11 is 0. The number of aliphatic hydroxyl groups excluding tert-OH is 1. The van der Waals surface area contributed by atoms with E-state index in [9.17, 15) is 15.0 Å². The first-order valence-corrected chi connectivity index (χ1v) is 5.23. The second kappa shape index (κ2) is 4.33. The van der Waals surface area contributed by atoms with E-state index in [1.54, 1.807) is 6.08 Å². The average Bonchev–Trinajstić information content (AvgIpc) is 2.29. The SMILES string of the molecule is O=C1C=CC(=C(O)c2ccc(O)cc2O)CC1. The molecular formula is C13H12O4. The zero-order valence-corrected chi connectivity index (χ0v) is 9.05. The maximum Gasteiger partial charge on any atom is 0.156 e. The van der Waals surface area contributed by atoms with Gasteiger partial charge < -0.3 is 15.3 Å². The van der Waals surface area contributed by atoms with Gasteiger partial charge in [0.1, 0.15) is 17.3 Å². The minimum Gasteiger partial charge on any atom is -0.508 e. The molecule has 17 heavy (non-hydrogen) atoms. The molecule has 1 aliphatic rings. The third kappa shape index (κ3) is 2.30. The van der Waals surface area contributed by atoms with Crippen molar-refractivity contribution in [3.63, 3.8) is 0 Å². The minimum absolute atomic E-state index is 0.0245. The molecular weight excluding hydrogens is 220 g/mol. The van der Waals surface area contributed by atoms with Crippen molar-refractivity contribution in [1.29, 1.82) is 0 Å². The molecule has 0 heterocycles. The fourth-order valence-electron chi connectivity index (χ4n) is 1.71. The number of aliphatic hydroxyl groups is 1. The number of benzene rings is 1. The first-order chi connectivity index (χ1) is 8.08. The largest absolute Gasteiger partial charge is 0.508 e. The molecule has 0 amide bonds. The highest BCUT2D eigenvalue weighted by Gasteiger charge is 2.14. The number of carbonyl (C=O) groups excluding carboxylic acids is 1. The molecule has 4 heteroatoms. The van der Waals surface area contributed by atoms with Gasteiger partial charge in [0.2, 0.25) is 0 Å². The Morgan fingerprint density at radius 3 is 2.47 bits per heavy atom. The van der Waals surface area contributed by atoms with Crippen molar-refractivity contribution in [2.45, 2.75) is 12.8 Å². The molecule has 0 fully saturated rings. The molecule has 0 radical (unpaired) electrons. The summed E-state index contributed by atoms with van der Waals surface area (Å²) in [6.07, 6.45) is 3.76. The van der Waals surface area contributed by atoms with Gasteiger partial charge in [-0.25, -0.2) is 0 Å². The van der Waals surface area contributed by atoms with Gasteiger partial charge in [0.15, 0.2) is 5.78 Å². The van der Waals surface area contributed by atoms with Crippen LogP contribution in [0, 0.1) is 0 Å². The van der Waals surface area contributed by atoms with E-state index in [0.29, 0.717) is 18.4 Å². The standard InChI is InChI=1S/C13H12O4/c14-9-3-1-8(2-4-9)13(17)11-6-5-10(15)7-12(11)16/h1,3,5-7,15-17H,2,4H2. The highest BCUT2D eigenvalue weighted by atomic mass is 16.3. The van der Waals surface area contributed by atoms with Crippen LogP contribution >= 0.6 is 0 Å². The van der Waals surface area contributed by atoms with E-state index in [0.717, 1.165) is 6.07 Å². The van der Waals surface area contributed by atoms with Crippen LogP contribution in [0.25, 0.3) is 5.76 Å². The minimum atomic E-state index is -0.194. The fraction of sp³-hybridized carbons (Fsp3) is 0.154. The molecule has 0 unspecified atom stereocenters. The van der Waals surface area contributed by atoms with Gasteiger partial charge in [-0.3, -0.25) is 4.79 Å². The van der Waals surface area contributed by atoms with Gasteiger partial charge in [-0.05, 0) is 30.2 Å². The number of rotatable bonds is 1. The number of aromatic hydroxyl groups is 2. The van der Waals surface area contributed by atoms with Gasteiger partial charge in [-0.15, -0.1) is 0 Å². The van der Waals surface area contributed by atoms with Crippen LogP contribution in [-0.4, -0.2) is 21.1 Å². The van der Waals surface area contributed by atoms with Crippen LogP contribution in [0.15, 0.2) is 35.9 Å². The number of ketones is 1. The maximum absolute atomic E-state index is 11.0. The second-order valence-electron chi connectivity index (χ2n) is 3.87. The summed E-state index contributed by atoms with van der Waals surface area (Å²) in [5.41, 5.74) is 0.849. The zero-order chi connectivity index (χ0) is 12.4. The van der Waals surface area contributed by atoms with E-state index in [1.165, 1.54) is 18.2 Å². The number of phenolic OH excluding ortho intramolecular Hbond substituents is 2. The van der Waals surface area contributed by atoms with E-state index in [-0.39, 0.29) is 28.6 Å². The van der Waals surface area contributed by atoms with Crippen LogP contribution in [0.5, 0.6) is 11.5 Å². The Labute approximate surface area is 98.1 Å². The van der Waals surface area contributed by atoms with E-state index in [4.69, 9.17) is 5.11 Å². The average molecular weight is 232 g/mol. The summed E-state index contributed by atoms with van der Waals surface area (Å²) in [4.78, 5) is 11.0. The Bertz CT molecular complexity index is 526. The lowest BCUT2D eigenvalue weighted by molar-refractivity contribution is -0.114. The molecule has 1 aromatic carbocycles. The summed E-state index contributed by atoms with van der Waals surface area (Å²) in [5, 5.41) is 28.7. The molecule has 1 aliphatic carbocycles. The monoisotopic (exact) mass is 232 g/mol. The van der Waals surface area contributed by atoms with Crippen molar-refractivity contribution in [3.05, 3.63) is 41.5 Å². The van der Waals surface area contributed by atoms with Crippen molar-refractivity contribution in [3.8, 4) is 11.5 Å². The molecule has 0 aliphatic heterocycles. The summed E-state index contributed by atoms with van der Waals surface area (Å²) in [7, 11) is 0. The molecule has 3 N–H and O–H groups in total. The van der Waals surface area contributed by atoms with Gasteiger partial charge in [0.25, 0.3) is 0 Å². The summed E-state index contributed by atoms with van der Waals surface area (Å²) < 4.78 is 0. The van der Waals surface area contributed by atoms with Gasteiger partial charge >= 0.3 is 0 Å². The molecule has 2 rings (SSSR count).